The number of oxazole rings is 1. The van der Waals surface area contributed by atoms with Crippen molar-refractivity contribution in [2.45, 2.75) is 19.1 Å². The van der Waals surface area contributed by atoms with Crippen LogP contribution in [0.2, 0.25) is 5.02 Å². The third kappa shape index (κ3) is 2.74. The molecule has 0 aliphatic carbocycles. The van der Waals surface area contributed by atoms with Crippen molar-refractivity contribution in [1.82, 2.24) is 4.57 Å². The number of carboxylic acid groups (broad SMARTS) is 1. The molecule has 1 aliphatic heterocycles. The van der Waals surface area contributed by atoms with Gasteiger partial charge in [0.15, 0.2) is 5.58 Å². The van der Waals surface area contributed by atoms with Crippen molar-refractivity contribution in [2.75, 3.05) is 13.2 Å². The lowest BCUT2D eigenvalue weighted by Crippen LogP contribution is -2.38. The van der Waals surface area contributed by atoms with Gasteiger partial charge in [-0.15, -0.1) is 0 Å². The molecule has 2 aromatic rings. The van der Waals surface area contributed by atoms with E-state index in [1.807, 2.05) is 0 Å². The monoisotopic (exact) mass is 313 g/mol. The smallest absolute Gasteiger partial charge is 0.419 e. The molecule has 2 heterocycles. The van der Waals surface area contributed by atoms with Crippen molar-refractivity contribution in [3.05, 3.63) is 27.7 Å². The van der Waals surface area contributed by atoms with Gasteiger partial charge in [-0.3, -0.25) is 9.36 Å². The Morgan fingerprint density at radius 1 is 1.48 bits per heavy atom. The summed E-state index contributed by atoms with van der Waals surface area (Å²) < 4.78 is 17.0. The van der Waals surface area contributed by atoms with Gasteiger partial charge in [0.2, 0.25) is 0 Å². The van der Waals surface area contributed by atoms with Gasteiger partial charge >= 0.3 is 11.7 Å². The Bertz CT molecular complexity index is 745. The van der Waals surface area contributed by atoms with Gasteiger partial charge in [0.05, 0.1) is 30.2 Å². The van der Waals surface area contributed by atoms with Crippen molar-refractivity contribution in [3.8, 4) is 5.75 Å². The number of carbonyl (C=O) groups is 1. The van der Waals surface area contributed by atoms with Gasteiger partial charge in [-0.05, 0) is 6.07 Å². The van der Waals surface area contributed by atoms with Gasteiger partial charge in [0.1, 0.15) is 11.9 Å². The molecule has 1 aliphatic rings. The minimum absolute atomic E-state index is 0.0220. The van der Waals surface area contributed by atoms with Gasteiger partial charge in [-0.2, -0.15) is 0 Å². The molecule has 0 bridgehead atoms. The first kappa shape index (κ1) is 14.0. The number of rotatable bonds is 5. The maximum absolute atomic E-state index is 11.8. The second kappa shape index (κ2) is 5.42. The number of carboxylic acids is 1. The Kier molecular flexibility index (Phi) is 3.60. The molecule has 0 spiro atoms. The van der Waals surface area contributed by atoms with E-state index in [9.17, 15) is 9.59 Å². The van der Waals surface area contributed by atoms with Crippen LogP contribution in [0.15, 0.2) is 21.3 Å². The summed E-state index contributed by atoms with van der Waals surface area (Å²) in [6.07, 6.45) is -0.232. The van der Waals surface area contributed by atoms with Crippen LogP contribution in [0.5, 0.6) is 5.75 Å². The van der Waals surface area contributed by atoms with E-state index < -0.39 is 11.7 Å². The summed E-state index contributed by atoms with van der Waals surface area (Å²) in [5, 5.41) is 9.04. The standard InChI is InChI=1S/C13H12ClNO6/c14-8-3-9-11(4-10(8)20-7-5-19-6-7)21-13(18)15(9)2-1-12(16)17/h3-4,7H,1-2,5-6H2,(H,16,17). The molecule has 3 rings (SSSR count). The van der Waals surface area contributed by atoms with E-state index >= 15 is 0 Å². The SMILES string of the molecule is O=C(O)CCn1c(=O)oc2cc(OC3COC3)c(Cl)cc21. The van der Waals surface area contributed by atoms with Crippen molar-refractivity contribution < 1.29 is 23.8 Å². The van der Waals surface area contributed by atoms with E-state index in [1.165, 1.54) is 10.6 Å². The van der Waals surface area contributed by atoms with Crippen LogP contribution in [0.1, 0.15) is 6.42 Å². The Morgan fingerprint density at radius 3 is 2.86 bits per heavy atom. The highest BCUT2D eigenvalue weighted by Gasteiger charge is 2.22. The molecule has 7 nitrogen and oxygen atoms in total. The first-order chi connectivity index (χ1) is 10.0. The van der Waals surface area contributed by atoms with Gasteiger partial charge < -0.3 is 19.0 Å². The lowest BCUT2D eigenvalue weighted by Gasteiger charge is -2.27. The number of ether oxygens (including phenoxy) is 2. The third-order valence-corrected chi connectivity index (χ3v) is 3.47. The van der Waals surface area contributed by atoms with Crippen molar-refractivity contribution in [2.24, 2.45) is 0 Å². The number of hydrogen-bond acceptors (Lipinski definition) is 5. The number of nitrogens with zero attached hydrogens (tertiary/aromatic N) is 1. The summed E-state index contributed by atoms with van der Waals surface area (Å²) >= 11 is 6.13. The number of fused-ring (bicyclic) bond motifs is 1. The minimum Gasteiger partial charge on any atom is -0.484 e. The molecule has 0 radical (unpaired) electrons. The zero-order chi connectivity index (χ0) is 15.0. The number of hydrogen-bond donors (Lipinski definition) is 1. The number of aryl methyl sites for hydroxylation is 1. The zero-order valence-electron chi connectivity index (χ0n) is 10.9. The second-order valence-electron chi connectivity index (χ2n) is 4.69. The normalized spacial score (nSPS) is 15.1. The summed E-state index contributed by atoms with van der Waals surface area (Å²) in [5.74, 6) is -1.20. The zero-order valence-corrected chi connectivity index (χ0v) is 11.6. The Morgan fingerprint density at radius 2 is 2.24 bits per heavy atom. The topological polar surface area (TPSA) is 90.9 Å². The van der Waals surface area contributed by atoms with Gasteiger partial charge in [0.25, 0.3) is 0 Å². The lowest BCUT2D eigenvalue weighted by molar-refractivity contribution is -0.137. The highest BCUT2D eigenvalue weighted by atomic mass is 35.5. The summed E-state index contributed by atoms with van der Waals surface area (Å²) in [7, 11) is 0. The number of aromatic nitrogens is 1. The van der Waals surface area contributed by atoms with Crippen LogP contribution >= 0.6 is 11.6 Å². The molecule has 112 valence electrons. The predicted molar refractivity (Wildman–Crippen MR) is 73.0 cm³/mol. The van der Waals surface area contributed by atoms with Crippen LogP contribution in [0, 0.1) is 0 Å². The molecule has 1 aromatic heterocycles. The molecule has 1 saturated heterocycles. The number of aliphatic carboxylic acids is 1. The quantitative estimate of drug-likeness (QED) is 0.899. The van der Waals surface area contributed by atoms with E-state index in [0.717, 1.165) is 0 Å². The summed E-state index contributed by atoms with van der Waals surface area (Å²) in [6.45, 7) is 1.02. The Balaban J connectivity index is 1.95. The fraction of sp³-hybridized carbons (Fsp3) is 0.385. The molecule has 0 saturated carbocycles. The lowest BCUT2D eigenvalue weighted by atomic mass is 10.2. The molecule has 0 atom stereocenters. The van der Waals surface area contributed by atoms with Crippen molar-refractivity contribution in [3.63, 3.8) is 0 Å². The molecular formula is C13H12ClNO6. The van der Waals surface area contributed by atoms with E-state index in [0.29, 0.717) is 35.1 Å². The average molecular weight is 314 g/mol. The molecule has 1 fully saturated rings. The first-order valence-corrected chi connectivity index (χ1v) is 6.71. The van der Waals surface area contributed by atoms with Crippen molar-refractivity contribution >= 4 is 28.7 Å². The van der Waals surface area contributed by atoms with Crippen LogP contribution in [0.3, 0.4) is 0 Å². The third-order valence-electron chi connectivity index (χ3n) is 3.17. The van der Waals surface area contributed by atoms with E-state index in [-0.39, 0.29) is 19.1 Å². The molecule has 1 N–H and O–H groups in total. The molecular weight excluding hydrogens is 302 g/mol. The predicted octanol–water partition coefficient (Wildman–Crippen LogP) is 1.50. The van der Waals surface area contributed by atoms with E-state index in [1.54, 1.807) is 6.07 Å². The minimum atomic E-state index is -0.993. The van der Waals surface area contributed by atoms with Crippen LogP contribution in [-0.4, -0.2) is 35.0 Å². The van der Waals surface area contributed by atoms with Crippen LogP contribution in [-0.2, 0) is 16.1 Å². The summed E-state index contributed by atoms with van der Waals surface area (Å²) in [6, 6.07) is 3.08. The highest BCUT2D eigenvalue weighted by Crippen LogP contribution is 2.31. The summed E-state index contributed by atoms with van der Waals surface area (Å²) in [4.78, 5) is 22.4. The Hall–Kier alpha value is -1.99. The van der Waals surface area contributed by atoms with Crippen molar-refractivity contribution in [1.29, 1.82) is 0 Å². The summed E-state index contributed by atoms with van der Waals surface area (Å²) in [5.41, 5.74) is 0.758. The number of halogens is 1. The largest absolute Gasteiger partial charge is 0.484 e. The fourth-order valence-corrected chi connectivity index (χ4v) is 2.24. The maximum atomic E-state index is 11.8. The highest BCUT2D eigenvalue weighted by molar-refractivity contribution is 6.32. The van der Waals surface area contributed by atoms with Gasteiger partial charge in [-0.25, -0.2) is 4.79 Å². The van der Waals surface area contributed by atoms with Gasteiger partial charge in [0, 0.05) is 12.6 Å². The first-order valence-electron chi connectivity index (χ1n) is 6.33. The molecule has 0 unspecified atom stereocenters. The molecule has 0 amide bonds. The molecule has 8 heteroatoms. The average Bonchev–Trinajstić information content (AvgIpc) is 2.66. The van der Waals surface area contributed by atoms with E-state index in [4.69, 9.17) is 30.6 Å². The van der Waals surface area contributed by atoms with Crippen LogP contribution in [0.4, 0.5) is 0 Å². The maximum Gasteiger partial charge on any atom is 0.419 e. The molecule has 21 heavy (non-hydrogen) atoms. The number of benzene rings is 1. The Labute approximate surface area is 123 Å². The second-order valence-corrected chi connectivity index (χ2v) is 5.10. The fourth-order valence-electron chi connectivity index (χ4n) is 2.04. The van der Waals surface area contributed by atoms with E-state index in [2.05, 4.69) is 0 Å². The van der Waals surface area contributed by atoms with Crippen LogP contribution in [0.25, 0.3) is 11.1 Å². The van der Waals surface area contributed by atoms with Crippen LogP contribution < -0.4 is 10.5 Å². The van der Waals surface area contributed by atoms with Gasteiger partial charge in [-0.1, -0.05) is 11.6 Å². The molecule has 1 aromatic carbocycles.